The van der Waals surface area contributed by atoms with Crippen molar-refractivity contribution in [3.63, 3.8) is 0 Å². The molecule has 1 aromatic heterocycles. The molecule has 0 spiro atoms. The molecule has 0 atom stereocenters. The zero-order chi connectivity index (χ0) is 16.0. The number of hydrogen-bond donors (Lipinski definition) is 3. The highest BCUT2D eigenvalue weighted by atomic mass is 16.4. The Morgan fingerprint density at radius 3 is 2.70 bits per heavy atom. The Kier molecular flexibility index (Phi) is 2.81. The van der Waals surface area contributed by atoms with Gasteiger partial charge in [0.15, 0.2) is 0 Å². The van der Waals surface area contributed by atoms with Gasteiger partial charge in [0.2, 0.25) is 0 Å². The number of aromatic amines is 1. The monoisotopic (exact) mass is 304 g/mol. The van der Waals surface area contributed by atoms with Crippen LogP contribution in [0.25, 0.3) is 22.6 Å². The Bertz CT molecular complexity index is 965. The van der Waals surface area contributed by atoms with Gasteiger partial charge in [-0.2, -0.15) is 0 Å². The van der Waals surface area contributed by atoms with E-state index in [2.05, 4.69) is 10.3 Å². The van der Waals surface area contributed by atoms with E-state index in [1.165, 1.54) is 12.1 Å². The van der Waals surface area contributed by atoms with Crippen LogP contribution in [0.3, 0.4) is 0 Å². The second kappa shape index (κ2) is 4.84. The number of anilines is 1. The second-order valence-corrected chi connectivity index (χ2v) is 5.39. The van der Waals surface area contributed by atoms with E-state index in [4.69, 9.17) is 5.11 Å². The van der Waals surface area contributed by atoms with E-state index < -0.39 is 5.97 Å². The van der Waals surface area contributed by atoms with Crippen molar-refractivity contribution < 1.29 is 14.7 Å². The van der Waals surface area contributed by atoms with Crippen LogP contribution in [-0.2, 0) is 4.79 Å². The van der Waals surface area contributed by atoms with Crippen molar-refractivity contribution in [3.05, 3.63) is 65.4 Å². The number of aromatic nitrogens is 1. The average Bonchev–Trinajstić information content (AvgIpc) is 3.08. The van der Waals surface area contributed by atoms with Crippen LogP contribution in [0.2, 0.25) is 0 Å². The molecule has 0 saturated carbocycles. The molecule has 3 N–H and O–H groups in total. The molecule has 5 nitrogen and oxygen atoms in total. The SMILES string of the molecule is O=C1Nc2ccc(C(=O)O)cc2C1=Cc1cc2ccccc2[nH]1. The summed E-state index contributed by atoms with van der Waals surface area (Å²) >= 11 is 0. The Labute approximate surface area is 131 Å². The molecule has 4 rings (SSSR count). The predicted octanol–water partition coefficient (Wildman–Crippen LogP) is 3.36. The number of carbonyl (C=O) groups is 2. The summed E-state index contributed by atoms with van der Waals surface area (Å²) in [5.41, 5.74) is 3.62. The van der Waals surface area contributed by atoms with Gasteiger partial charge in [0.25, 0.3) is 5.91 Å². The molecule has 0 fully saturated rings. The molecule has 0 saturated heterocycles. The fourth-order valence-corrected chi connectivity index (χ4v) is 2.79. The standard InChI is InChI=1S/C18H12N2O3/c21-17-14(9-12-7-10-3-1-2-4-15(10)19-12)13-8-11(18(22)23)5-6-16(13)20-17/h1-9,19H,(H,20,21)(H,22,23). The lowest BCUT2D eigenvalue weighted by Crippen LogP contribution is -2.03. The number of benzene rings is 2. The molecule has 0 unspecified atom stereocenters. The first-order chi connectivity index (χ1) is 11.1. The van der Waals surface area contributed by atoms with Crippen molar-refractivity contribution in [1.82, 2.24) is 4.98 Å². The molecule has 23 heavy (non-hydrogen) atoms. The summed E-state index contributed by atoms with van der Waals surface area (Å²) in [7, 11) is 0. The zero-order valence-corrected chi connectivity index (χ0v) is 12.0. The number of rotatable bonds is 2. The third-order valence-corrected chi connectivity index (χ3v) is 3.90. The molecule has 112 valence electrons. The number of carboxylic acids is 1. The Morgan fingerprint density at radius 1 is 1.09 bits per heavy atom. The molecule has 2 aromatic carbocycles. The molecule has 5 heteroatoms. The van der Waals surface area contributed by atoms with Crippen LogP contribution in [0.15, 0.2) is 48.5 Å². The first-order valence-corrected chi connectivity index (χ1v) is 7.10. The zero-order valence-electron chi connectivity index (χ0n) is 12.0. The molecule has 1 aliphatic rings. The smallest absolute Gasteiger partial charge is 0.335 e. The fourth-order valence-electron chi connectivity index (χ4n) is 2.79. The predicted molar refractivity (Wildman–Crippen MR) is 88.2 cm³/mol. The van der Waals surface area contributed by atoms with Crippen LogP contribution in [0.1, 0.15) is 21.6 Å². The van der Waals surface area contributed by atoms with E-state index in [-0.39, 0.29) is 11.5 Å². The fraction of sp³-hybridized carbons (Fsp3) is 0. The molecule has 2 heterocycles. The van der Waals surface area contributed by atoms with Crippen LogP contribution in [-0.4, -0.2) is 22.0 Å². The van der Waals surface area contributed by atoms with E-state index in [9.17, 15) is 9.59 Å². The van der Waals surface area contributed by atoms with Crippen molar-refractivity contribution >= 4 is 40.1 Å². The van der Waals surface area contributed by atoms with E-state index in [1.54, 1.807) is 12.1 Å². The van der Waals surface area contributed by atoms with Crippen LogP contribution in [0.5, 0.6) is 0 Å². The van der Waals surface area contributed by atoms with Gasteiger partial charge >= 0.3 is 5.97 Å². The Morgan fingerprint density at radius 2 is 1.91 bits per heavy atom. The third kappa shape index (κ3) is 2.19. The molecule has 1 aliphatic heterocycles. The van der Waals surface area contributed by atoms with Gasteiger partial charge in [-0.1, -0.05) is 18.2 Å². The Hall–Kier alpha value is -3.34. The van der Waals surface area contributed by atoms with Crippen LogP contribution < -0.4 is 5.32 Å². The highest BCUT2D eigenvalue weighted by molar-refractivity contribution is 6.35. The lowest BCUT2D eigenvalue weighted by molar-refractivity contribution is -0.110. The third-order valence-electron chi connectivity index (χ3n) is 3.90. The van der Waals surface area contributed by atoms with Crippen molar-refractivity contribution in [2.45, 2.75) is 0 Å². The molecule has 1 amide bonds. The summed E-state index contributed by atoms with van der Waals surface area (Å²) in [6.07, 6.45) is 1.74. The molecular formula is C18H12N2O3. The average molecular weight is 304 g/mol. The molecule has 0 radical (unpaired) electrons. The Balaban J connectivity index is 1.84. The molecular weight excluding hydrogens is 292 g/mol. The number of carboxylic acid groups (broad SMARTS) is 1. The van der Waals surface area contributed by atoms with E-state index in [0.29, 0.717) is 16.8 Å². The number of aromatic carboxylic acids is 1. The largest absolute Gasteiger partial charge is 0.478 e. The van der Waals surface area contributed by atoms with Gasteiger partial charge < -0.3 is 15.4 Å². The number of fused-ring (bicyclic) bond motifs is 2. The van der Waals surface area contributed by atoms with E-state index in [0.717, 1.165) is 16.6 Å². The minimum absolute atomic E-state index is 0.155. The lowest BCUT2D eigenvalue weighted by atomic mass is 10.0. The van der Waals surface area contributed by atoms with Gasteiger partial charge in [0.1, 0.15) is 0 Å². The number of amides is 1. The lowest BCUT2D eigenvalue weighted by Gasteiger charge is -2.00. The minimum Gasteiger partial charge on any atom is -0.478 e. The number of nitrogens with one attached hydrogen (secondary N) is 2. The van der Waals surface area contributed by atoms with Crippen molar-refractivity contribution in [1.29, 1.82) is 0 Å². The maximum Gasteiger partial charge on any atom is 0.335 e. The quantitative estimate of drug-likeness (QED) is 0.635. The number of hydrogen-bond acceptors (Lipinski definition) is 2. The first kappa shape index (κ1) is 13.3. The molecule has 0 bridgehead atoms. The van der Waals surface area contributed by atoms with Gasteiger partial charge in [-0.25, -0.2) is 4.79 Å². The highest BCUT2D eigenvalue weighted by Crippen LogP contribution is 2.34. The minimum atomic E-state index is -1.02. The number of para-hydroxylation sites is 1. The van der Waals surface area contributed by atoms with Gasteiger partial charge in [-0.05, 0) is 41.8 Å². The summed E-state index contributed by atoms with van der Waals surface area (Å²) in [5, 5.41) is 12.9. The first-order valence-electron chi connectivity index (χ1n) is 7.10. The van der Waals surface area contributed by atoms with Gasteiger partial charge in [-0.15, -0.1) is 0 Å². The maximum atomic E-state index is 12.2. The van der Waals surface area contributed by atoms with Crippen molar-refractivity contribution in [2.24, 2.45) is 0 Å². The maximum absolute atomic E-state index is 12.2. The van der Waals surface area contributed by atoms with Crippen molar-refractivity contribution in [3.8, 4) is 0 Å². The van der Waals surface area contributed by atoms with Crippen molar-refractivity contribution in [2.75, 3.05) is 5.32 Å². The van der Waals surface area contributed by atoms with Gasteiger partial charge in [-0.3, -0.25) is 4.79 Å². The normalized spacial score (nSPS) is 15.0. The number of carbonyl (C=O) groups excluding carboxylic acids is 1. The van der Waals surface area contributed by atoms with Crippen LogP contribution >= 0.6 is 0 Å². The summed E-state index contributed by atoms with van der Waals surface area (Å²) in [5.74, 6) is -1.25. The van der Waals surface area contributed by atoms with Crippen LogP contribution in [0.4, 0.5) is 5.69 Å². The summed E-state index contributed by atoms with van der Waals surface area (Å²) in [6, 6.07) is 14.4. The van der Waals surface area contributed by atoms with Gasteiger partial charge in [0, 0.05) is 22.5 Å². The topological polar surface area (TPSA) is 82.2 Å². The summed E-state index contributed by atoms with van der Waals surface area (Å²) < 4.78 is 0. The molecule has 0 aliphatic carbocycles. The van der Waals surface area contributed by atoms with Crippen LogP contribution in [0, 0.1) is 0 Å². The highest BCUT2D eigenvalue weighted by Gasteiger charge is 2.25. The second-order valence-electron chi connectivity index (χ2n) is 5.39. The van der Waals surface area contributed by atoms with E-state index >= 15 is 0 Å². The van der Waals surface area contributed by atoms with E-state index in [1.807, 2.05) is 30.3 Å². The molecule has 3 aromatic rings. The summed E-state index contributed by atoms with van der Waals surface area (Å²) in [6.45, 7) is 0. The number of H-pyrrole nitrogens is 1. The van der Waals surface area contributed by atoms with Gasteiger partial charge in [0.05, 0.1) is 11.1 Å². The summed E-state index contributed by atoms with van der Waals surface area (Å²) in [4.78, 5) is 26.6.